The zero-order chi connectivity index (χ0) is 26.9. The molecule has 0 unspecified atom stereocenters. The number of ether oxygens (including phenoxy) is 1. The molecule has 0 saturated carbocycles. The van der Waals surface area contributed by atoms with Gasteiger partial charge in [-0.15, -0.1) is 10.2 Å². The summed E-state index contributed by atoms with van der Waals surface area (Å²) in [5.41, 5.74) is 3.06. The molecule has 1 heterocycles. The Hall–Kier alpha value is -4.08. The first-order chi connectivity index (χ1) is 18.5. The Morgan fingerprint density at radius 1 is 1.00 bits per heavy atom. The highest BCUT2D eigenvalue weighted by atomic mass is 35.5. The van der Waals surface area contributed by atoms with Crippen LogP contribution in [0.25, 0.3) is 17.5 Å². The van der Waals surface area contributed by atoms with Crippen molar-refractivity contribution in [2.45, 2.75) is 18.6 Å². The van der Waals surface area contributed by atoms with Gasteiger partial charge in [-0.1, -0.05) is 53.7 Å². The van der Waals surface area contributed by atoms with Crippen LogP contribution in [0.15, 0.2) is 84.0 Å². The summed E-state index contributed by atoms with van der Waals surface area (Å²) < 4.78 is 7.08. The molecule has 0 aliphatic rings. The van der Waals surface area contributed by atoms with Gasteiger partial charge in [-0.25, -0.2) is 0 Å². The van der Waals surface area contributed by atoms with E-state index in [9.17, 15) is 9.59 Å². The van der Waals surface area contributed by atoms with Crippen LogP contribution in [-0.4, -0.2) is 39.4 Å². The number of carbonyl (C=O) groups is 2. The van der Waals surface area contributed by atoms with Gasteiger partial charge in [0.25, 0.3) is 0 Å². The summed E-state index contributed by atoms with van der Waals surface area (Å²) in [6, 6.07) is 22.1. The predicted octanol–water partition coefficient (Wildman–Crippen LogP) is 6.01. The van der Waals surface area contributed by atoms with Crippen LogP contribution in [0.5, 0.6) is 5.75 Å². The Bertz CT molecular complexity index is 1440. The van der Waals surface area contributed by atoms with Gasteiger partial charge >= 0.3 is 0 Å². The minimum atomic E-state index is -0.216. The molecular formula is C28H26ClN5O3S. The fourth-order valence-electron chi connectivity index (χ4n) is 3.59. The molecule has 10 heteroatoms. The lowest BCUT2D eigenvalue weighted by atomic mass is 10.2. The van der Waals surface area contributed by atoms with E-state index in [1.54, 1.807) is 24.3 Å². The molecule has 2 N–H and O–H groups in total. The lowest BCUT2D eigenvalue weighted by Crippen LogP contribution is -2.14. The summed E-state index contributed by atoms with van der Waals surface area (Å²) in [7, 11) is 1.53. The minimum absolute atomic E-state index is 0.156. The Morgan fingerprint density at radius 2 is 1.74 bits per heavy atom. The monoisotopic (exact) mass is 547 g/mol. The zero-order valence-corrected chi connectivity index (χ0v) is 22.4. The predicted molar refractivity (Wildman–Crippen MR) is 153 cm³/mol. The first kappa shape index (κ1) is 27.0. The fourth-order valence-corrected chi connectivity index (χ4v) is 4.65. The molecule has 0 radical (unpaired) electrons. The Labute approximate surface area is 230 Å². The second kappa shape index (κ2) is 12.9. The van der Waals surface area contributed by atoms with Gasteiger partial charge in [0.15, 0.2) is 11.0 Å². The number of methoxy groups -OCH3 is 1. The lowest BCUT2D eigenvalue weighted by molar-refractivity contribution is -0.114. The molecule has 4 rings (SSSR count). The van der Waals surface area contributed by atoms with Gasteiger partial charge in [0.05, 0.1) is 17.9 Å². The van der Waals surface area contributed by atoms with Crippen molar-refractivity contribution in [3.05, 3.63) is 89.5 Å². The van der Waals surface area contributed by atoms with Gasteiger partial charge in [0.1, 0.15) is 5.75 Å². The van der Waals surface area contributed by atoms with E-state index in [0.717, 1.165) is 11.1 Å². The molecule has 3 aromatic carbocycles. The van der Waals surface area contributed by atoms with E-state index in [1.807, 2.05) is 66.1 Å². The number of benzene rings is 3. The van der Waals surface area contributed by atoms with Crippen molar-refractivity contribution in [1.82, 2.24) is 14.8 Å². The van der Waals surface area contributed by atoms with Crippen molar-refractivity contribution in [3.8, 4) is 17.1 Å². The van der Waals surface area contributed by atoms with Crippen molar-refractivity contribution in [3.63, 3.8) is 0 Å². The maximum atomic E-state index is 12.5. The summed E-state index contributed by atoms with van der Waals surface area (Å²) in [5, 5.41) is 15.3. The zero-order valence-electron chi connectivity index (χ0n) is 20.8. The molecule has 0 aliphatic carbocycles. The SMILES string of the molecule is CCn1c(SCC(=O)Nc2ccc(OC)c(Cl)c2)nnc1-c1ccc(NC(=O)C=Cc2ccccc2)cc1. The number of thioether (sulfide) groups is 1. The second-order valence-electron chi connectivity index (χ2n) is 8.05. The van der Waals surface area contributed by atoms with Crippen molar-refractivity contribution in [2.75, 3.05) is 23.5 Å². The van der Waals surface area contributed by atoms with E-state index < -0.39 is 0 Å². The number of nitrogens with one attached hydrogen (secondary N) is 2. The number of nitrogens with zero attached hydrogens (tertiary/aromatic N) is 3. The van der Waals surface area contributed by atoms with Crippen LogP contribution in [0.4, 0.5) is 11.4 Å². The normalized spacial score (nSPS) is 10.9. The van der Waals surface area contributed by atoms with Crippen molar-refractivity contribution in [2.24, 2.45) is 0 Å². The number of anilines is 2. The molecule has 0 fully saturated rings. The van der Waals surface area contributed by atoms with Gasteiger partial charge in [0.2, 0.25) is 11.8 Å². The van der Waals surface area contributed by atoms with Crippen molar-refractivity contribution in [1.29, 1.82) is 0 Å². The number of hydrogen-bond donors (Lipinski definition) is 2. The van der Waals surface area contributed by atoms with Crippen molar-refractivity contribution >= 4 is 52.6 Å². The van der Waals surface area contributed by atoms with Gasteiger partial charge in [-0.05, 0) is 61.0 Å². The van der Waals surface area contributed by atoms with E-state index in [-0.39, 0.29) is 17.6 Å². The van der Waals surface area contributed by atoms with Gasteiger partial charge in [0, 0.05) is 29.6 Å². The number of amides is 2. The molecule has 194 valence electrons. The molecule has 0 bridgehead atoms. The molecular weight excluding hydrogens is 522 g/mol. The molecule has 8 nitrogen and oxygen atoms in total. The average molecular weight is 548 g/mol. The topological polar surface area (TPSA) is 98.1 Å². The summed E-state index contributed by atoms with van der Waals surface area (Å²) in [4.78, 5) is 24.7. The molecule has 1 aromatic heterocycles. The fraction of sp³-hybridized carbons (Fsp3) is 0.143. The van der Waals surface area contributed by atoms with E-state index >= 15 is 0 Å². The molecule has 0 aliphatic heterocycles. The molecule has 0 saturated heterocycles. The van der Waals surface area contributed by atoms with Crippen LogP contribution in [0, 0.1) is 0 Å². The highest BCUT2D eigenvalue weighted by molar-refractivity contribution is 7.99. The van der Waals surface area contributed by atoms with Gasteiger partial charge in [-0.3, -0.25) is 9.59 Å². The average Bonchev–Trinajstić information content (AvgIpc) is 3.35. The second-order valence-corrected chi connectivity index (χ2v) is 9.40. The third-order valence-electron chi connectivity index (χ3n) is 5.44. The number of aromatic nitrogens is 3. The number of halogens is 1. The highest BCUT2D eigenvalue weighted by Gasteiger charge is 2.15. The minimum Gasteiger partial charge on any atom is -0.495 e. The van der Waals surface area contributed by atoms with E-state index in [4.69, 9.17) is 16.3 Å². The molecule has 2 amide bonds. The summed E-state index contributed by atoms with van der Waals surface area (Å²) in [6.45, 7) is 2.62. The number of rotatable bonds is 10. The molecule has 38 heavy (non-hydrogen) atoms. The summed E-state index contributed by atoms with van der Waals surface area (Å²) in [5.74, 6) is 0.970. The number of carbonyl (C=O) groups excluding carboxylic acids is 2. The third-order valence-corrected chi connectivity index (χ3v) is 6.70. The number of hydrogen-bond acceptors (Lipinski definition) is 6. The maximum absolute atomic E-state index is 12.5. The van der Waals surface area contributed by atoms with Crippen LogP contribution in [0.2, 0.25) is 5.02 Å². The molecule has 0 spiro atoms. The highest BCUT2D eigenvalue weighted by Crippen LogP contribution is 2.28. The van der Waals surface area contributed by atoms with Crippen LogP contribution in [0.1, 0.15) is 12.5 Å². The Kier molecular flexibility index (Phi) is 9.18. The van der Waals surface area contributed by atoms with Gasteiger partial charge in [-0.2, -0.15) is 0 Å². The maximum Gasteiger partial charge on any atom is 0.248 e. The van der Waals surface area contributed by atoms with Crippen LogP contribution < -0.4 is 15.4 Å². The van der Waals surface area contributed by atoms with Crippen LogP contribution in [0.3, 0.4) is 0 Å². The first-order valence-corrected chi connectivity index (χ1v) is 13.2. The van der Waals surface area contributed by atoms with Gasteiger partial charge < -0.3 is 19.9 Å². The standard InChI is InChI=1S/C28H26ClN5O3S/c1-3-34-27(20-10-12-21(13-11-20)30-25(35)16-9-19-7-5-4-6-8-19)32-33-28(34)38-18-26(36)31-22-14-15-24(37-2)23(29)17-22/h4-17H,3,18H2,1-2H3,(H,30,35)(H,31,36). The Morgan fingerprint density at radius 3 is 2.42 bits per heavy atom. The lowest BCUT2D eigenvalue weighted by Gasteiger charge is -2.09. The van der Waals surface area contributed by atoms with E-state index in [2.05, 4.69) is 20.8 Å². The van der Waals surface area contributed by atoms with Crippen LogP contribution in [-0.2, 0) is 16.1 Å². The first-order valence-electron chi connectivity index (χ1n) is 11.8. The van der Waals surface area contributed by atoms with E-state index in [0.29, 0.717) is 39.7 Å². The smallest absolute Gasteiger partial charge is 0.248 e. The molecule has 0 atom stereocenters. The Balaban J connectivity index is 1.36. The van der Waals surface area contributed by atoms with E-state index in [1.165, 1.54) is 24.9 Å². The van der Waals surface area contributed by atoms with Crippen LogP contribution >= 0.6 is 23.4 Å². The quantitative estimate of drug-likeness (QED) is 0.186. The largest absolute Gasteiger partial charge is 0.495 e. The third kappa shape index (κ3) is 7.02. The molecule has 4 aromatic rings. The summed E-state index contributed by atoms with van der Waals surface area (Å²) in [6.07, 6.45) is 3.26. The summed E-state index contributed by atoms with van der Waals surface area (Å²) >= 11 is 7.43. The van der Waals surface area contributed by atoms with Crippen molar-refractivity contribution < 1.29 is 14.3 Å².